The zero-order valence-corrected chi connectivity index (χ0v) is 15.6. The number of hydrogen-bond acceptors (Lipinski definition) is 4. The van der Waals surface area contributed by atoms with E-state index in [1.165, 1.54) is 0 Å². The maximum atomic E-state index is 12.0. The van der Waals surface area contributed by atoms with Crippen LogP contribution in [0.1, 0.15) is 45.4 Å². The standard InChI is InChI=1S/C18H31N3O5/c1-14-3-9-21(10-4-14)18(25)26-13-7-15-5-11-20(12-6-15)17(24)19-8-2-16(22)23/h14-15H,2-13H2,1H3,(H,19,24)(H,22,23). The van der Waals surface area contributed by atoms with Crippen LogP contribution in [0, 0.1) is 11.8 Å². The van der Waals surface area contributed by atoms with Gasteiger partial charge in [-0.25, -0.2) is 9.59 Å². The fourth-order valence-electron chi connectivity index (χ4n) is 3.41. The van der Waals surface area contributed by atoms with Crippen molar-refractivity contribution in [3.63, 3.8) is 0 Å². The van der Waals surface area contributed by atoms with Gasteiger partial charge in [-0.2, -0.15) is 0 Å². The molecule has 0 spiro atoms. The molecule has 0 aromatic carbocycles. The van der Waals surface area contributed by atoms with E-state index in [9.17, 15) is 14.4 Å². The Morgan fingerprint density at radius 2 is 1.65 bits per heavy atom. The zero-order valence-electron chi connectivity index (χ0n) is 15.6. The smallest absolute Gasteiger partial charge is 0.409 e. The summed E-state index contributed by atoms with van der Waals surface area (Å²) in [4.78, 5) is 37.9. The highest BCUT2D eigenvalue weighted by atomic mass is 16.6. The minimum Gasteiger partial charge on any atom is -0.481 e. The molecule has 0 aliphatic carbocycles. The highest BCUT2D eigenvalue weighted by Crippen LogP contribution is 2.21. The van der Waals surface area contributed by atoms with Crippen LogP contribution < -0.4 is 5.32 Å². The van der Waals surface area contributed by atoms with Gasteiger partial charge in [-0.3, -0.25) is 4.79 Å². The second kappa shape index (κ2) is 10.2. The number of rotatable bonds is 6. The third kappa shape index (κ3) is 6.72. The summed E-state index contributed by atoms with van der Waals surface area (Å²) in [5.74, 6) is 0.218. The van der Waals surface area contributed by atoms with Crippen molar-refractivity contribution in [3.8, 4) is 0 Å². The third-order valence-electron chi connectivity index (χ3n) is 5.31. The number of nitrogens with one attached hydrogen (secondary N) is 1. The number of carboxylic acids is 1. The summed E-state index contributed by atoms with van der Waals surface area (Å²) < 4.78 is 5.41. The molecule has 0 aromatic heterocycles. The normalized spacial score (nSPS) is 19.3. The summed E-state index contributed by atoms with van der Waals surface area (Å²) in [6.07, 6.45) is 4.40. The van der Waals surface area contributed by atoms with E-state index in [2.05, 4.69) is 12.2 Å². The second-order valence-corrected chi connectivity index (χ2v) is 7.38. The van der Waals surface area contributed by atoms with Gasteiger partial charge in [-0.1, -0.05) is 6.92 Å². The Balaban J connectivity index is 1.56. The van der Waals surface area contributed by atoms with Crippen LogP contribution in [0.3, 0.4) is 0 Å². The van der Waals surface area contributed by atoms with Crippen LogP contribution in [-0.4, -0.2) is 72.3 Å². The molecule has 0 unspecified atom stereocenters. The molecule has 0 atom stereocenters. The van der Waals surface area contributed by atoms with E-state index < -0.39 is 5.97 Å². The average molecular weight is 369 g/mol. The molecule has 8 heteroatoms. The van der Waals surface area contributed by atoms with E-state index >= 15 is 0 Å². The minimum absolute atomic E-state index is 0.0660. The van der Waals surface area contributed by atoms with Gasteiger partial charge < -0.3 is 25.0 Å². The maximum Gasteiger partial charge on any atom is 0.409 e. The second-order valence-electron chi connectivity index (χ2n) is 7.38. The van der Waals surface area contributed by atoms with Crippen molar-refractivity contribution in [1.82, 2.24) is 15.1 Å². The molecule has 0 saturated carbocycles. The number of carbonyl (C=O) groups is 3. The van der Waals surface area contributed by atoms with E-state index in [0.717, 1.165) is 45.2 Å². The Morgan fingerprint density at radius 1 is 1.04 bits per heavy atom. The number of amides is 3. The molecule has 0 aromatic rings. The van der Waals surface area contributed by atoms with Crippen LogP contribution in [0.4, 0.5) is 9.59 Å². The van der Waals surface area contributed by atoms with Crippen molar-refractivity contribution in [3.05, 3.63) is 0 Å². The van der Waals surface area contributed by atoms with Gasteiger partial charge in [0.1, 0.15) is 0 Å². The van der Waals surface area contributed by atoms with E-state index in [1.807, 2.05) is 0 Å². The van der Waals surface area contributed by atoms with Gasteiger partial charge in [0, 0.05) is 32.7 Å². The highest BCUT2D eigenvalue weighted by molar-refractivity contribution is 5.75. The topological polar surface area (TPSA) is 99.2 Å². The molecule has 2 fully saturated rings. The Labute approximate surface area is 154 Å². The van der Waals surface area contributed by atoms with Crippen LogP contribution in [0.5, 0.6) is 0 Å². The van der Waals surface area contributed by atoms with Crippen LogP contribution >= 0.6 is 0 Å². The monoisotopic (exact) mass is 369 g/mol. The summed E-state index contributed by atoms with van der Waals surface area (Å²) in [5.41, 5.74) is 0. The highest BCUT2D eigenvalue weighted by Gasteiger charge is 2.24. The molecule has 2 saturated heterocycles. The van der Waals surface area contributed by atoms with Crippen LogP contribution in [0.25, 0.3) is 0 Å². The number of hydrogen-bond donors (Lipinski definition) is 2. The Morgan fingerprint density at radius 3 is 2.27 bits per heavy atom. The summed E-state index contributed by atoms with van der Waals surface area (Å²) in [6, 6.07) is -0.199. The van der Waals surface area contributed by atoms with Gasteiger partial charge in [0.05, 0.1) is 13.0 Å². The lowest BCUT2D eigenvalue weighted by molar-refractivity contribution is -0.136. The van der Waals surface area contributed by atoms with Crippen molar-refractivity contribution < 1.29 is 24.2 Å². The molecule has 2 N–H and O–H groups in total. The molecular formula is C18H31N3O5. The summed E-state index contributed by atoms with van der Waals surface area (Å²) in [7, 11) is 0. The lowest BCUT2D eigenvalue weighted by Crippen LogP contribution is -2.45. The largest absolute Gasteiger partial charge is 0.481 e. The van der Waals surface area contributed by atoms with E-state index in [-0.39, 0.29) is 25.1 Å². The van der Waals surface area contributed by atoms with Crippen molar-refractivity contribution >= 4 is 18.1 Å². The summed E-state index contributed by atoms with van der Waals surface area (Å²) in [6.45, 7) is 5.68. The van der Waals surface area contributed by atoms with Crippen molar-refractivity contribution in [1.29, 1.82) is 0 Å². The first-order valence-corrected chi connectivity index (χ1v) is 9.62. The predicted octanol–water partition coefficient (Wildman–Crippen LogP) is 2.14. The quantitative estimate of drug-likeness (QED) is 0.747. The first kappa shape index (κ1) is 20.3. The molecule has 0 bridgehead atoms. The van der Waals surface area contributed by atoms with Gasteiger partial charge in [-0.05, 0) is 43.9 Å². The van der Waals surface area contributed by atoms with Gasteiger partial charge in [0.25, 0.3) is 0 Å². The summed E-state index contributed by atoms with van der Waals surface area (Å²) in [5, 5.41) is 11.2. The number of urea groups is 1. The molecule has 2 aliphatic heterocycles. The Hall–Kier alpha value is -1.99. The van der Waals surface area contributed by atoms with Crippen molar-refractivity contribution in [2.75, 3.05) is 39.3 Å². The minimum atomic E-state index is -0.919. The van der Waals surface area contributed by atoms with Gasteiger partial charge in [0.15, 0.2) is 0 Å². The SMILES string of the molecule is CC1CCN(C(=O)OCCC2CCN(C(=O)NCCC(=O)O)CC2)CC1. The van der Waals surface area contributed by atoms with Gasteiger partial charge in [-0.15, -0.1) is 0 Å². The van der Waals surface area contributed by atoms with Crippen LogP contribution in [0.15, 0.2) is 0 Å². The molecule has 2 aliphatic rings. The van der Waals surface area contributed by atoms with E-state index in [0.29, 0.717) is 31.5 Å². The van der Waals surface area contributed by atoms with E-state index in [4.69, 9.17) is 9.84 Å². The fraction of sp³-hybridized carbons (Fsp3) is 0.833. The first-order chi connectivity index (χ1) is 12.5. The third-order valence-corrected chi connectivity index (χ3v) is 5.31. The number of aliphatic carboxylic acids is 1. The van der Waals surface area contributed by atoms with Crippen LogP contribution in [-0.2, 0) is 9.53 Å². The van der Waals surface area contributed by atoms with Crippen molar-refractivity contribution in [2.24, 2.45) is 11.8 Å². The first-order valence-electron chi connectivity index (χ1n) is 9.62. The van der Waals surface area contributed by atoms with Crippen molar-refractivity contribution in [2.45, 2.75) is 45.4 Å². The molecule has 148 valence electrons. The van der Waals surface area contributed by atoms with Gasteiger partial charge >= 0.3 is 18.1 Å². The molecular weight excluding hydrogens is 338 g/mol. The molecule has 3 amide bonds. The Bertz CT molecular complexity index is 483. The number of carboxylic acid groups (broad SMARTS) is 1. The predicted molar refractivity (Wildman–Crippen MR) is 95.9 cm³/mol. The van der Waals surface area contributed by atoms with E-state index in [1.54, 1.807) is 9.80 Å². The molecule has 2 rings (SSSR count). The Kier molecular flexibility index (Phi) is 8.00. The lowest BCUT2D eigenvalue weighted by atomic mass is 9.94. The number of ether oxygens (including phenoxy) is 1. The maximum absolute atomic E-state index is 12.0. The number of piperidine rings is 2. The molecule has 2 heterocycles. The number of carbonyl (C=O) groups excluding carboxylic acids is 2. The average Bonchev–Trinajstić information content (AvgIpc) is 2.62. The molecule has 26 heavy (non-hydrogen) atoms. The summed E-state index contributed by atoms with van der Waals surface area (Å²) >= 11 is 0. The lowest BCUT2D eigenvalue weighted by Gasteiger charge is -2.32. The number of nitrogens with zero attached hydrogens (tertiary/aromatic N) is 2. The zero-order chi connectivity index (χ0) is 18.9. The fourth-order valence-corrected chi connectivity index (χ4v) is 3.41. The number of likely N-dealkylation sites (tertiary alicyclic amines) is 2. The van der Waals surface area contributed by atoms with Crippen LogP contribution in [0.2, 0.25) is 0 Å². The molecule has 0 radical (unpaired) electrons. The molecule has 8 nitrogen and oxygen atoms in total. The van der Waals surface area contributed by atoms with Gasteiger partial charge in [0.2, 0.25) is 0 Å².